The summed E-state index contributed by atoms with van der Waals surface area (Å²) < 4.78 is 0. The van der Waals surface area contributed by atoms with Gasteiger partial charge in [-0.15, -0.1) is 0 Å². The molecule has 2 heteroatoms. The summed E-state index contributed by atoms with van der Waals surface area (Å²) in [4.78, 5) is 0. The normalized spacial score (nSPS) is 12.0. The van der Waals surface area contributed by atoms with Gasteiger partial charge in [0.2, 0.25) is 0 Å². The van der Waals surface area contributed by atoms with E-state index >= 15 is 0 Å². The Balaban J connectivity index is 3.21. The first kappa shape index (κ1) is 15.9. The molecular weight excluding hydrogens is 196 g/mol. The van der Waals surface area contributed by atoms with Crippen molar-refractivity contribution in [3.05, 3.63) is 0 Å². The molecule has 0 aromatic rings. The Morgan fingerprint density at radius 2 is 1.12 bits per heavy atom. The third-order valence-electron chi connectivity index (χ3n) is 2.95. The number of hydrogen-bond acceptors (Lipinski definition) is 2. The Morgan fingerprint density at radius 3 is 1.44 bits per heavy atom. The SMILES string of the molecule is CC(C)CCCCN(N)CCCCC(C)C. The molecular formula is C14H32N2. The van der Waals surface area contributed by atoms with Gasteiger partial charge in [0.25, 0.3) is 0 Å². The highest BCUT2D eigenvalue weighted by molar-refractivity contribution is 4.54. The first-order valence-corrected chi connectivity index (χ1v) is 7.02. The second-order valence-corrected chi connectivity index (χ2v) is 5.82. The average molecular weight is 228 g/mol. The standard InChI is InChI=1S/C14H32N2/c1-13(2)9-5-7-11-16(15)12-8-6-10-14(3)4/h13-14H,5-12,15H2,1-4H3. The van der Waals surface area contributed by atoms with E-state index in [0.29, 0.717) is 0 Å². The van der Waals surface area contributed by atoms with E-state index in [0.717, 1.165) is 24.9 Å². The molecule has 0 radical (unpaired) electrons. The van der Waals surface area contributed by atoms with Gasteiger partial charge < -0.3 is 0 Å². The number of rotatable bonds is 10. The molecule has 0 aliphatic heterocycles. The van der Waals surface area contributed by atoms with Gasteiger partial charge in [-0.2, -0.15) is 0 Å². The summed E-state index contributed by atoms with van der Waals surface area (Å²) >= 11 is 0. The van der Waals surface area contributed by atoms with Crippen LogP contribution in [0.25, 0.3) is 0 Å². The van der Waals surface area contributed by atoms with Gasteiger partial charge in [0.05, 0.1) is 0 Å². The smallest absolute Gasteiger partial charge is 0.0128 e. The van der Waals surface area contributed by atoms with Crippen LogP contribution in [0.3, 0.4) is 0 Å². The maximum absolute atomic E-state index is 5.94. The van der Waals surface area contributed by atoms with Crippen molar-refractivity contribution in [3.63, 3.8) is 0 Å². The molecule has 0 amide bonds. The van der Waals surface area contributed by atoms with Gasteiger partial charge in [0, 0.05) is 13.1 Å². The molecule has 0 heterocycles. The van der Waals surface area contributed by atoms with Gasteiger partial charge >= 0.3 is 0 Å². The largest absolute Gasteiger partial charge is 0.269 e. The van der Waals surface area contributed by atoms with Crippen LogP contribution in [0.5, 0.6) is 0 Å². The Kier molecular flexibility index (Phi) is 10.0. The van der Waals surface area contributed by atoms with Crippen LogP contribution in [-0.4, -0.2) is 18.1 Å². The van der Waals surface area contributed by atoms with E-state index in [4.69, 9.17) is 5.84 Å². The third kappa shape index (κ3) is 12.0. The zero-order valence-corrected chi connectivity index (χ0v) is 11.8. The lowest BCUT2D eigenvalue weighted by atomic mass is 10.1. The van der Waals surface area contributed by atoms with E-state index in [1.807, 2.05) is 5.01 Å². The van der Waals surface area contributed by atoms with Crippen LogP contribution in [0.4, 0.5) is 0 Å². The van der Waals surface area contributed by atoms with Crippen molar-refractivity contribution in [1.29, 1.82) is 0 Å². The van der Waals surface area contributed by atoms with Crippen LogP contribution in [0, 0.1) is 11.8 Å². The molecule has 0 atom stereocenters. The van der Waals surface area contributed by atoms with Gasteiger partial charge in [-0.25, -0.2) is 5.01 Å². The number of hydrogen-bond donors (Lipinski definition) is 1. The highest BCUT2D eigenvalue weighted by Crippen LogP contribution is 2.08. The number of unbranched alkanes of at least 4 members (excludes halogenated alkanes) is 2. The van der Waals surface area contributed by atoms with Gasteiger partial charge in [-0.05, 0) is 24.7 Å². The van der Waals surface area contributed by atoms with E-state index in [2.05, 4.69) is 27.7 Å². The van der Waals surface area contributed by atoms with E-state index in [1.54, 1.807) is 0 Å². The van der Waals surface area contributed by atoms with Gasteiger partial charge in [0.1, 0.15) is 0 Å². The number of nitrogens with zero attached hydrogens (tertiary/aromatic N) is 1. The fraction of sp³-hybridized carbons (Fsp3) is 1.00. The summed E-state index contributed by atoms with van der Waals surface area (Å²) in [6.07, 6.45) is 7.80. The van der Waals surface area contributed by atoms with Gasteiger partial charge in [0.15, 0.2) is 0 Å². The minimum Gasteiger partial charge on any atom is -0.269 e. The third-order valence-corrected chi connectivity index (χ3v) is 2.95. The lowest BCUT2D eigenvalue weighted by molar-refractivity contribution is 0.265. The van der Waals surface area contributed by atoms with Crippen molar-refractivity contribution in [2.75, 3.05) is 13.1 Å². The highest BCUT2D eigenvalue weighted by Gasteiger charge is 2.00. The lowest BCUT2D eigenvalue weighted by Gasteiger charge is -2.16. The highest BCUT2D eigenvalue weighted by atomic mass is 15.4. The van der Waals surface area contributed by atoms with Crippen LogP contribution in [0.1, 0.15) is 66.2 Å². The van der Waals surface area contributed by atoms with Crippen LogP contribution in [0.2, 0.25) is 0 Å². The Hall–Kier alpha value is -0.0800. The maximum atomic E-state index is 5.94. The van der Waals surface area contributed by atoms with E-state index in [1.165, 1.54) is 38.5 Å². The molecule has 0 fully saturated rings. The lowest BCUT2D eigenvalue weighted by Crippen LogP contribution is -2.33. The minimum absolute atomic E-state index is 0.831. The summed E-state index contributed by atoms with van der Waals surface area (Å²) in [7, 11) is 0. The molecule has 0 aliphatic rings. The molecule has 0 aromatic carbocycles. The molecule has 2 nitrogen and oxygen atoms in total. The molecule has 98 valence electrons. The van der Waals surface area contributed by atoms with Crippen molar-refractivity contribution >= 4 is 0 Å². The molecule has 0 spiro atoms. The molecule has 0 saturated carbocycles. The summed E-state index contributed by atoms with van der Waals surface area (Å²) in [5.41, 5.74) is 0. The van der Waals surface area contributed by atoms with Crippen LogP contribution < -0.4 is 5.84 Å². The zero-order chi connectivity index (χ0) is 12.4. The average Bonchev–Trinajstić information content (AvgIpc) is 2.19. The quantitative estimate of drug-likeness (QED) is 0.350. The zero-order valence-electron chi connectivity index (χ0n) is 11.8. The van der Waals surface area contributed by atoms with Crippen molar-refractivity contribution in [2.45, 2.75) is 66.2 Å². The predicted octanol–water partition coefficient (Wildman–Crippen LogP) is 3.81. The Labute approximate surface area is 103 Å². The molecule has 16 heavy (non-hydrogen) atoms. The van der Waals surface area contributed by atoms with Crippen molar-refractivity contribution < 1.29 is 0 Å². The predicted molar refractivity (Wildman–Crippen MR) is 73.1 cm³/mol. The van der Waals surface area contributed by atoms with Crippen LogP contribution in [0.15, 0.2) is 0 Å². The molecule has 0 saturated heterocycles. The van der Waals surface area contributed by atoms with Crippen molar-refractivity contribution in [3.8, 4) is 0 Å². The summed E-state index contributed by atoms with van der Waals surface area (Å²) in [6.45, 7) is 11.3. The minimum atomic E-state index is 0.831. The van der Waals surface area contributed by atoms with Gasteiger partial charge in [-0.3, -0.25) is 5.84 Å². The Morgan fingerprint density at radius 1 is 0.750 bits per heavy atom. The topological polar surface area (TPSA) is 29.3 Å². The molecule has 2 N–H and O–H groups in total. The fourth-order valence-electron chi connectivity index (χ4n) is 1.85. The van der Waals surface area contributed by atoms with E-state index < -0.39 is 0 Å². The van der Waals surface area contributed by atoms with Crippen LogP contribution in [-0.2, 0) is 0 Å². The molecule has 0 aliphatic carbocycles. The summed E-state index contributed by atoms with van der Waals surface area (Å²) in [6, 6.07) is 0. The molecule has 0 bridgehead atoms. The monoisotopic (exact) mass is 228 g/mol. The first-order chi connectivity index (χ1) is 7.52. The van der Waals surface area contributed by atoms with E-state index in [-0.39, 0.29) is 0 Å². The summed E-state index contributed by atoms with van der Waals surface area (Å²) in [5, 5.41) is 2.00. The van der Waals surface area contributed by atoms with Crippen molar-refractivity contribution in [2.24, 2.45) is 17.7 Å². The second kappa shape index (κ2) is 10.1. The number of hydrazine groups is 1. The van der Waals surface area contributed by atoms with Crippen LogP contribution >= 0.6 is 0 Å². The summed E-state index contributed by atoms with van der Waals surface area (Å²) in [5.74, 6) is 7.60. The van der Waals surface area contributed by atoms with Crippen molar-refractivity contribution in [1.82, 2.24) is 5.01 Å². The number of nitrogens with two attached hydrogens (primary N) is 1. The Bertz CT molecular complexity index is 128. The second-order valence-electron chi connectivity index (χ2n) is 5.82. The maximum Gasteiger partial charge on any atom is 0.0128 e. The van der Waals surface area contributed by atoms with E-state index in [9.17, 15) is 0 Å². The fourth-order valence-corrected chi connectivity index (χ4v) is 1.85. The van der Waals surface area contributed by atoms with Gasteiger partial charge in [-0.1, -0.05) is 53.4 Å². The molecule has 0 aromatic heterocycles. The first-order valence-electron chi connectivity index (χ1n) is 7.02. The molecule has 0 rings (SSSR count). The molecule has 0 unspecified atom stereocenters.